The number of hydrogen-bond donors (Lipinski definition) is 0. The van der Waals surface area contributed by atoms with Crippen LogP contribution in [0, 0.1) is 40.4 Å². The van der Waals surface area contributed by atoms with Crippen molar-refractivity contribution >= 4 is 11.6 Å². The largest absolute Gasteiger partial charge is 0.300 e. The average Bonchev–Trinajstić information content (AvgIpc) is 2.86. The first kappa shape index (κ1) is 15.8. The predicted octanol–water partition coefficient (Wildman–Crippen LogP) is 4.80. The van der Waals surface area contributed by atoms with Crippen LogP contribution >= 0.6 is 0 Å². The van der Waals surface area contributed by atoms with E-state index in [9.17, 15) is 9.59 Å². The molecule has 0 aliphatic heterocycles. The van der Waals surface area contributed by atoms with Crippen LogP contribution < -0.4 is 0 Å². The zero-order valence-electron chi connectivity index (χ0n) is 15.1. The first-order valence-electron chi connectivity index (χ1n) is 9.94. The van der Waals surface area contributed by atoms with Gasteiger partial charge in [-0.2, -0.15) is 0 Å². The van der Waals surface area contributed by atoms with Gasteiger partial charge in [0.05, 0.1) is 0 Å². The van der Waals surface area contributed by atoms with Crippen LogP contribution in [0.2, 0.25) is 0 Å². The number of fused-ring (bicyclic) bond motifs is 5. The lowest BCUT2D eigenvalue weighted by molar-refractivity contribution is -0.158. The van der Waals surface area contributed by atoms with E-state index in [4.69, 9.17) is 0 Å². The van der Waals surface area contributed by atoms with Gasteiger partial charge in [-0.1, -0.05) is 27.2 Å². The molecule has 7 atom stereocenters. The number of carbonyl (C=O) groups excluding carboxylic acids is 2. The average molecular weight is 316 g/mol. The third-order valence-electron chi connectivity index (χ3n) is 8.97. The Bertz CT molecular complexity index is 538. The van der Waals surface area contributed by atoms with E-state index in [0.717, 1.165) is 24.7 Å². The van der Waals surface area contributed by atoms with Crippen molar-refractivity contribution in [2.24, 2.45) is 40.4 Å². The third-order valence-corrected chi connectivity index (χ3v) is 8.97. The summed E-state index contributed by atoms with van der Waals surface area (Å²) in [4.78, 5) is 24.9. The van der Waals surface area contributed by atoms with Crippen molar-refractivity contribution in [2.75, 3.05) is 0 Å². The first-order valence-corrected chi connectivity index (χ1v) is 9.94. The number of Topliss-reactive ketones (excluding diaryl/α,β-unsaturated/α-hetero) is 2. The van der Waals surface area contributed by atoms with E-state index in [2.05, 4.69) is 20.8 Å². The molecule has 0 amide bonds. The van der Waals surface area contributed by atoms with E-state index in [-0.39, 0.29) is 11.3 Å². The second-order valence-corrected chi connectivity index (χ2v) is 9.58. The van der Waals surface area contributed by atoms with E-state index in [1.807, 2.05) is 0 Å². The van der Waals surface area contributed by atoms with Crippen molar-refractivity contribution in [2.45, 2.75) is 78.6 Å². The number of ketones is 2. The SMILES string of the molecule is CC[C@H]1CCC2C3CC(=O)C4CC(=O)CC[C@]4(C)C3CC[C@@]21C. The highest BCUT2D eigenvalue weighted by Crippen LogP contribution is 2.66. The van der Waals surface area contributed by atoms with Crippen LogP contribution in [-0.2, 0) is 9.59 Å². The Morgan fingerprint density at radius 2 is 1.70 bits per heavy atom. The Morgan fingerprint density at radius 1 is 0.957 bits per heavy atom. The maximum Gasteiger partial charge on any atom is 0.137 e. The summed E-state index contributed by atoms with van der Waals surface area (Å²) in [6.07, 6.45) is 9.63. The molecule has 4 fully saturated rings. The van der Waals surface area contributed by atoms with E-state index >= 15 is 0 Å². The van der Waals surface area contributed by atoms with Gasteiger partial charge in [0.15, 0.2) is 0 Å². The summed E-state index contributed by atoms with van der Waals surface area (Å²) in [5.74, 6) is 3.70. The Hall–Kier alpha value is -0.660. The molecule has 0 spiro atoms. The molecule has 4 rings (SSSR count). The summed E-state index contributed by atoms with van der Waals surface area (Å²) in [5.41, 5.74) is 0.587. The van der Waals surface area contributed by atoms with Crippen LogP contribution in [0.25, 0.3) is 0 Å². The maximum absolute atomic E-state index is 12.9. The van der Waals surface area contributed by atoms with E-state index in [1.54, 1.807) is 0 Å². The molecule has 128 valence electrons. The molecule has 0 N–H and O–H groups in total. The van der Waals surface area contributed by atoms with Gasteiger partial charge in [0.2, 0.25) is 0 Å². The van der Waals surface area contributed by atoms with Gasteiger partial charge in [-0.05, 0) is 66.6 Å². The molecule has 2 nitrogen and oxygen atoms in total. The molecule has 0 aromatic carbocycles. The van der Waals surface area contributed by atoms with Gasteiger partial charge in [0.1, 0.15) is 11.6 Å². The molecule has 0 aromatic heterocycles. The van der Waals surface area contributed by atoms with Crippen molar-refractivity contribution < 1.29 is 9.59 Å². The van der Waals surface area contributed by atoms with Crippen LogP contribution in [0.4, 0.5) is 0 Å². The molecule has 2 heteroatoms. The van der Waals surface area contributed by atoms with Crippen LogP contribution in [0.1, 0.15) is 78.6 Å². The number of hydrogen-bond acceptors (Lipinski definition) is 2. The fourth-order valence-corrected chi connectivity index (χ4v) is 7.62. The highest BCUT2D eigenvalue weighted by Gasteiger charge is 2.61. The molecule has 4 aliphatic carbocycles. The highest BCUT2D eigenvalue weighted by atomic mass is 16.1. The zero-order valence-corrected chi connectivity index (χ0v) is 15.1. The minimum absolute atomic E-state index is 0.0396. The smallest absolute Gasteiger partial charge is 0.137 e. The van der Waals surface area contributed by atoms with Crippen LogP contribution in [0.3, 0.4) is 0 Å². The fraction of sp³-hybridized carbons (Fsp3) is 0.905. The molecule has 4 aliphatic rings. The van der Waals surface area contributed by atoms with Gasteiger partial charge in [-0.3, -0.25) is 9.59 Å². The van der Waals surface area contributed by atoms with Gasteiger partial charge >= 0.3 is 0 Å². The van der Waals surface area contributed by atoms with Crippen molar-refractivity contribution in [3.8, 4) is 0 Å². The topological polar surface area (TPSA) is 34.1 Å². The molecule has 23 heavy (non-hydrogen) atoms. The minimum atomic E-state index is 0.0396. The van der Waals surface area contributed by atoms with Crippen molar-refractivity contribution in [3.63, 3.8) is 0 Å². The summed E-state index contributed by atoms with van der Waals surface area (Å²) in [5, 5.41) is 0. The van der Waals surface area contributed by atoms with Crippen molar-refractivity contribution in [1.29, 1.82) is 0 Å². The maximum atomic E-state index is 12.9. The van der Waals surface area contributed by atoms with Gasteiger partial charge in [0, 0.05) is 25.2 Å². The third kappa shape index (κ3) is 2.05. The van der Waals surface area contributed by atoms with E-state index < -0.39 is 0 Å². The fourth-order valence-electron chi connectivity index (χ4n) is 7.62. The summed E-state index contributed by atoms with van der Waals surface area (Å²) >= 11 is 0. The second kappa shape index (κ2) is 5.17. The summed E-state index contributed by atoms with van der Waals surface area (Å²) < 4.78 is 0. The molecule has 0 bridgehead atoms. The van der Waals surface area contributed by atoms with Crippen LogP contribution in [-0.4, -0.2) is 11.6 Å². The van der Waals surface area contributed by atoms with E-state index in [1.165, 1.54) is 32.1 Å². The number of rotatable bonds is 1. The zero-order chi connectivity index (χ0) is 16.4. The van der Waals surface area contributed by atoms with Crippen LogP contribution in [0.15, 0.2) is 0 Å². The lowest BCUT2D eigenvalue weighted by Gasteiger charge is -2.59. The van der Waals surface area contributed by atoms with Gasteiger partial charge in [0.25, 0.3) is 0 Å². The summed E-state index contributed by atoms with van der Waals surface area (Å²) in [6.45, 7) is 7.23. The van der Waals surface area contributed by atoms with Gasteiger partial charge in [-0.15, -0.1) is 0 Å². The molecular formula is C21H32O2. The quantitative estimate of drug-likeness (QED) is 0.696. The lowest BCUT2D eigenvalue weighted by Crippen LogP contribution is -2.56. The highest BCUT2D eigenvalue weighted by molar-refractivity contribution is 5.90. The molecule has 4 saturated carbocycles. The summed E-state index contributed by atoms with van der Waals surface area (Å²) in [7, 11) is 0. The van der Waals surface area contributed by atoms with Crippen molar-refractivity contribution in [3.05, 3.63) is 0 Å². The molecule has 0 aromatic rings. The standard InChI is InChI=1S/C21H32O2/c1-4-13-5-6-16-15-12-19(23)18-11-14(22)7-9-21(18,3)17(15)8-10-20(13,16)2/h13,15-18H,4-12H2,1-3H3/t13-,15?,16?,17?,18?,20+,21+/m0/s1. The Labute approximate surface area is 140 Å². The molecule has 4 unspecified atom stereocenters. The Balaban J connectivity index is 1.67. The molecule has 0 saturated heterocycles. The van der Waals surface area contributed by atoms with Crippen LogP contribution in [0.5, 0.6) is 0 Å². The van der Waals surface area contributed by atoms with Crippen molar-refractivity contribution in [1.82, 2.24) is 0 Å². The van der Waals surface area contributed by atoms with Gasteiger partial charge < -0.3 is 0 Å². The predicted molar refractivity (Wildman–Crippen MR) is 90.9 cm³/mol. The molecule has 0 radical (unpaired) electrons. The molecular weight excluding hydrogens is 284 g/mol. The minimum Gasteiger partial charge on any atom is -0.300 e. The Kier molecular flexibility index (Phi) is 3.56. The molecule has 0 heterocycles. The second-order valence-electron chi connectivity index (χ2n) is 9.58. The normalized spacial score (nSPS) is 52.7. The summed E-state index contributed by atoms with van der Waals surface area (Å²) in [6, 6.07) is 0. The van der Waals surface area contributed by atoms with E-state index in [0.29, 0.717) is 41.7 Å². The number of carbonyl (C=O) groups is 2. The first-order chi connectivity index (χ1) is 10.9. The Morgan fingerprint density at radius 3 is 2.43 bits per heavy atom. The monoisotopic (exact) mass is 316 g/mol. The lowest BCUT2D eigenvalue weighted by atomic mass is 9.44. The van der Waals surface area contributed by atoms with Gasteiger partial charge in [-0.25, -0.2) is 0 Å².